The van der Waals surface area contributed by atoms with Crippen LogP contribution in [0, 0.1) is 5.82 Å². The average molecular weight is 290 g/mol. The van der Waals surface area contributed by atoms with E-state index in [9.17, 15) is 4.39 Å². The molecule has 1 aliphatic rings. The van der Waals surface area contributed by atoms with Gasteiger partial charge in [0.1, 0.15) is 5.82 Å². The Hall–Kier alpha value is -0.220. The fourth-order valence-corrected chi connectivity index (χ4v) is 3.64. The highest BCUT2D eigenvalue weighted by atomic mass is 79.9. The monoisotopic (exact) mass is 289 g/mol. The predicted molar refractivity (Wildman–Crippen MR) is 66.6 cm³/mol. The summed E-state index contributed by atoms with van der Waals surface area (Å²) in [5, 5.41) is 0.657. The SMILES string of the molecule is Nc1cc(F)c(Br)cc1SC1CCCC1. The second-order valence-electron chi connectivity index (χ2n) is 3.83. The number of hydrogen-bond donors (Lipinski definition) is 1. The third-order valence-electron chi connectivity index (χ3n) is 2.65. The van der Waals surface area contributed by atoms with Crippen LogP contribution in [0.2, 0.25) is 0 Å². The van der Waals surface area contributed by atoms with Crippen LogP contribution in [0.15, 0.2) is 21.5 Å². The smallest absolute Gasteiger partial charge is 0.139 e. The van der Waals surface area contributed by atoms with Gasteiger partial charge in [-0.2, -0.15) is 0 Å². The zero-order valence-corrected chi connectivity index (χ0v) is 10.7. The lowest BCUT2D eigenvalue weighted by molar-refractivity contribution is 0.620. The molecule has 0 amide bonds. The first-order valence-electron chi connectivity index (χ1n) is 5.08. The van der Waals surface area contributed by atoms with Gasteiger partial charge in [-0.05, 0) is 40.9 Å². The van der Waals surface area contributed by atoms with Crippen LogP contribution in [-0.4, -0.2) is 5.25 Å². The Labute approximate surface area is 102 Å². The molecule has 0 radical (unpaired) electrons. The first-order chi connectivity index (χ1) is 7.16. The molecule has 0 heterocycles. The highest BCUT2D eigenvalue weighted by Gasteiger charge is 2.18. The molecule has 82 valence electrons. The molecule has 15 heavy (non-hydrogen) atoms. The molecule has 1 aromatic carbocycles. The van der Waals surface area contributed by atoms with Crippen molar-refractivity contribution in [1.29, 1.82) is 0 Å². The van der Waals surface area contributed by atoms with Crippen LogP contribution >= 0.6 is 27.7 Å². The van der Waals surface area contributed by atoms with Gasteiger partial charge in [0, 0.05) is 15.8 Å². The number of nitrogens with two attached hydrogens (primary N) is 1. The van der Waals surface area contributed by atoms with Crippen LogP contribution in [0.25, 0.3) is 0 Å². The zero-order chi connectivity index (χ0) is 10.8. The number of anilines is 1. The van der Waals surface area contributed by atoms with Crippen LogP contribution in [0.5, 0.6) is 0 Å². The van der Waals surface area contributed by atoms with E-state index < -0.39 is 0 Å². The molecule has 0 saturated heterocycles. The molecule has 0 spiro atoms. The molecule has 1 nitrogen and oxygen atoms in total. The lowest BCUT2D eigenvalue weighted by Gasteiger charge is -2.11. The van der Waals surface area contributed by atoms with E-state index in [2.05, 4.69) is 15.9 Å². The summed E-state index contributed by atoms with van der Waals surface area (Å²) < 4.78 is 13.6. The maximum atomic E-state index is 13.1. The van der Waals surface area contributed by atoms with Crippen molar-refractivity contribution in [3.63, 3.8) is 0 Å². The third-order valence-corrected chi connectivity index (χ3v) is 4.67. The maximum absolute atomic E-state index is 13.1. The quantitative estimate of drug-likeness (QED) is 0.826. The van der Waals surface area contributed by atoms with Gasteiger partial charge < -0.3 is 5.73 Å². The van der Waals surface area contributed by atoms with Gasteiger partial charge in [0.25, 0.3) is 0 Å². The summed E-state index contributed by atoms with van der Waals surface area (Å²) in [5.74, 6) is -0.289. The van der Waals surface area contributed by atoms with Crippen LogP contribution in [0.1, 0.15) is 25.7 Å². The molecule has 4 heteroatoms. The van der Waals surface area contributed by atoms with Gasteiger partial charge in [0.15, 0.2) is 0 Å². The van der Waals surface area contributed by atoms with E-state index in [4.69, 9.17) is 5.73 Å². The Morgan fingerprint density at radius 1 is 1.33 bits per heavy atom. The van der Waals surface area contributed by atoms with Crippen molar-refractivity contribution in [2.24, 2.45) is 0 Å². The van der Waals surface area contributed by atoms with Crippen molar-refractivity contribution in [1.82, 2.24) is 0 Å². The minimum absolute atomic E-state index is 0.289. The minimum atomic E-state index is -0.289. The predicted octanol–water partition coefficient (Wildman–Crippen LogP) is 4.21. The largest absolute Gasteiger partial charge is 0.398 e. The summed E-state index contributed by atoms with van der Waals surface area (Å²) in [6.45, 7) is 0. The normalized spacial score (nSPS) is 17.2. The maximum Gasteiger partial charge on any atom is 0.139 e. The molecule has 0 aromatic heterocycles. The molecule has 2 N–H and O–H groups in total. The average Bonchev–Trinajstić information content (AvgIpc) is 2.67. The van der Waals surface area contributed by atoms with Crippen LogP contribution in [-0.2, 0) is 0 Å². The first-order valence-corrected chi connectivity index (χ1v) is 6.75. The van der Waals surface area contributed by atoms with Crippen molar-refractivity contribution < 1.29 is 4.39 Å². The second kappa shape index (κ2) is 4.74. The van der Waals surface area contributed by atoms with Gasteiger partial charge >= 0.3 is 0 Å². The zero-order valence-electron chi connectivity index (χ0n) is 8.30. The van der Waals surface area contributed by atoms with Crippen LogP contribution in [0.4, 0.5) is 10.1 Å². The molecule has 0 unspecified atom stereocenters. The lowest BCUT2D eigenvalue weighted by Crippen LogP contribution is -1.97. The summed E-state index contributed by atoms with van der Waals surface area (Å²) >= 11 is 4.96. The van der Waals surface area contributed by atoms with Crippen molar-refractivity contribution in [2.45, 2.75) is 35.8 Å². The second-order valence-corrected chi connectivity index (χ2v) is 6.02. The van der Waals surface area contributed by atoms with Gasteiger partial charge in [-0.15, -0.1) is 11.8 Å². The molecule has 0 bridgehead atoms. The number of rotatable bonds is 2. The Morgan fingerprint density at radius 3 is 2.67 bits per heavy atom. The Kier molecular flexibility index (Phi) is 3.57. The lowest BCUT2D eigenvalue weighted by atomic mass is 10.3. The van der Waals surface area contributed by atoms with Crippen molar-refractivity contribution in [3.8, 4) is 0 Å². The van der Waals surface area contributed by atoms with E-state index >= 15 is 0 Å². The highest BCUT2D eigenvalue weighted by molar-refractivity contribution is 9.10. The molecule has 1 fully saturated rings. The number of halogens is 2. The van der Waals surface area contributed by atoms with Crippen LogP contribution in [0.3, 0.4) is 0 Å². The van der Waals surface area contributed by atoms with E-state index in [1.165, 1.54) is 31.7 Å². The molecule has 1 aromatic rings. The fraction of sp³-hybridized carbons (Fsp3) is 0.455. The minimum Gasteiger partial charge on any atom is -0.398 e. The summed E-state index contributed by atoms with van der Waals surface area (Å²) in [7, 11) is 0. The molecular weight excluding hydrogens is 277 g/mol. The fourth-order valence-electron chi connectivity index (χ4n) is 1.83. The van der Waals surface area contributed by atoms with Gasteiger partial charge in [-0.25, -0.2) is 4.39 Å². The summed E-state index contributed by atoms with van der Waals surface area (Å²) in [6.07, 6.45) is 5.11. The summed E-state index contributed by atoms with van der Waals surface area (Å²) in [6, 6.07) is 3.18. The third kappa shape index (κ3) is 2.67. The first kappa shape index (κ1) is 11.3. The molecular formula is C11H13BrFNS. The molecule has 0 aliphatic heterocycles. The van der Waals surface area contributed by atoms with Gasteiger partial charge in [-0.1, -0.05) is 12.8 Å². The number of nitrogen functional groups attached to an aromatic ring is 1. The standard InChI is InChI=1S/C11H13BrFNS/c12-8-5-11(10(14)6-9(8)13)15-7-3-1-2-4-7/h5-7H,1-4,14H2. The summed E-state index contributed by atoms with van der Waals surface area (Å²) in [5.41, 5.74) is 6.34. The molecule has 2 rings (SSSR count). The summed E-state index contributed by atoms with van der Waals surface area (Å²) in [4.78, 5) is 0.996. The topological polar surface area (TPSA) is 26.0 Å². The van der Waals surface area contributed by atoms with Gasteiger partial charge in [0.05, 0.1) is 4.47 Å². The van der Waals surface area contributed by atoms with E-state index in [1.54, 1.807) is 17.8 Å². The molecule has 1 saturated carbocycles. The number of thioether (sulfide) groups is 1. The Balaban J connectivity index is 2.16. The Bertz CT molecular complexity index is 364. The van der Waals surface area contributed by atoms with Crippen molar-refractivity contribution in [3.05, 3.63) is 22.4 Å². The molecule has 0 atom stereocenters. The highest BCUT2D eigenvalue weighted by Crippen LogP contribution is 2.38. The van der Waals surface area contributed by atoms with E-state index in [-0.39, 0.29) is 5.82 Å². The van der Waals surface area contributed by atoms with Gasteiger partial charge in [-0.3, -0.25) is 0 Å². The molecule has 1 aliphatic carbocycles. The number of benzene rings is 1. The number of hydrogen-bond acceptors (Lipinski definition) is 2. The van der Waals surface area contributed by atoms with Crippen LogP contribution < -0.4 is 5.73 Å². The van der Waals surface area contributed by atoms with Crippen molar-refractivity contribution >= 4 is 33.4 Å². The van der Waals surface area contributed by atoms with Crippen molar-refractivity contribution in [2.75, 3.05) is 5.73 Å². The van der Waals surface area contributed by atoms with E-state index in [0.717, 1.165) is 4.90 Å². The van der Waals surface area contributed by atoms with E-state index in [0.29, 0.717) is 15.4 Å². The Morgan fingerprint density at radius 2 is 2.00 bits per heavy atom. The van der Waals surface area contributed by atoms with Gasteiger partial charge in [0.2, 0.25) is 0 Å². The van der Waals surface area contributed by atoms with E-state index in [1.807, 2.05) is 0 Å².